The number of hydrogen-bond acceptors (Lipinski definition) is 3. The average molecular weight is 263 g/mol. The highest BCUT2D eigenvalue weighted by atomic mass is 19.1. The van der Waals surface area contributed by atoms with E-state index in [1.807, 2.05) is 6.92 Å². The van der Waals surface area contributed by atoms with Crippen LogP contribution in [0.25, 0.3) is 0 Å². The maximum Gasteiger partial charge on any atom is 0.269 e. The minimum atomic E-state index is -0.581. The molecule has 2 heterocycles. The van der Waals surface area contributed by atoms with Crippen LogP contribution in [0.4, 0.5) is 4.39 Å². The molecule has 0 saturated carbocycles. The number of nitrogens with two attached hydrogens (primary N) is 1. The van der Waals surface area contributed by atoms with Crippen molar-refractivity contribution in [2.75, 3.05) is 6.61 Å². The van der Waals surface area contributed by atoms with Crippen LogP contribution in [-0.2, 0) is 6.54 Å². The Labute approximate surface area is 109 Å². The number of carbonyl (C=O) groups excluding carboxylic acids is 1. The van der Waals surface area contributed by atoms with Gasteiger partial charge >= 0.3 is 0 Å². The predicted octanol–water partition coefficient (Wildman–Crippen LogP) is 1.57. The molecule has 0 bridgehead atoms. The molecule has 0 aliphatic heterocycles. The summed E-state index contributed by atoms with van der Waals surface area (Å²) in [7, 11) is 0. The van der Waals surface area contributed by atoms with Crippen molar-refractivity contribution in [1.82, 2.24) is 9.55 Å². The molecule has 6 heteroatoms. The van der Waals surface area contributed by atoms with Gasteiger partial charge in [0.2, 0.25) is 5.95 Å². The summed E-state index contributed by atoms with van der Waals surface area (Å²) in [5.41, 5.74) is 6.31. The predicted molar refractivity (Wildman–Crippen MR) is 67.4 cm³/mol. The van der Waals surface area contributed by atoms with Crippen molar-refractivity contribution in [2.45, 2.75) is 13.5 Å². The molecule has 0 aromatic carbocycles. The van der Waals surface area contributed by atoms with E-state index in [2.05, 4.69) is 4.98 Å². The molecule has 0 aliphatic rings. The van der Waals surface area contributed by atoms with Crippen LogP contribution in [0.5, 0.6) is 5.75 Å². The van der Waals surface area contributed by atoms with Crippen molar-refractivity contribution in [3.05, 3.63) is 47.8 Å². The highest BCUT2D eigenvalue weighted by molar-refractivity contribution is 5.94. The molecule has 0 aliphatic carbocycles. The lowest BCUT2D eigenvalue weighted by Gasteiger charge is -2.09. The Morgan fingerprint density at radius 2 is 2.32 bits per heavy atom. The number of nitrogens with zero attached hydrogens (tertiary/aromatic N) is 2. The molecule has 1 amide bonds. The van der Waals surface area contributed by atoms with Crippen LogP contribution in [0, 0.1) is 5.95 Å². The number of pyridine rings is 1. The molecule has 19 heavy (non-hydrogen) atoms. The molecule has 0 fully saturated rings. The molecule has 2 aromatic rings. The molecule has 0 atom stereocenters. The van der Waals surface area contributed by atoms with E-state index in [1.165, 1.54) is 12.3 Å². The summed E-state index contributed by atoms with van der Waals surface area (Å²) in [6.45, 7) is 2.58. The normalized spacial score (nSPS) is 10.4. The molecule has 100 valence electrons. The summed E-state index contributed by atoms with van der Waals surface area (Å²) in [5, 5.41) is 0. The van der Waals surface area contributed by atoms with Crippen molar-refractivity contribution >= 4 is 5.91 Å². The van der Waals surface area contributed by atoms with Gasteiger partial charge in [-0.25, -0.2) is 4.98 Å². The Kier molecular flexibility index (Phi) is 3.79. The van der Waals surface area contributed by atoms with Crippen LogP contribution in [-0.4, -0.2) is 22.1 Å². The van der Waals surface area contributed by atoms with Gasteiger partial charge in [0.15, 0.2) is 0 Å². The van der Waals surface area contributed by atoms with Crippen LogP contribution in [0.2, 0.25) is 0 Å². The van der Waals surface area contributed by atoms with Gasteiger partial charge in [0, 0.05) is 18.9 Å². The Hall–Kier alpha value is -2.37. The zero-order chi connectivity index (χ0) is 13.8. The lowest BCUT2D eigenvalue weighted by Crippen LogP contribution is -2.18. The monoisotopic (exact) mass is 263 g/mol. The van der Waals surface area contributed by atoms with E-state index in [0.29, 0.717) is 24.5 Å². The Balaban J connectivity index is 2.32. The fourth-order valence-electron chi connectivity index (χ4n) is 1.86. The van der Waals surface area contributed by atoms with E-state index >= 15 is 0 Å². The highest BCUT2D eigenvalue weighted by Crippen LogP contribution is 2.21. The third kappa shape index (κ3) is 2.90. The highest BCUT2D eigenvalue weighted by Gasteiger charge is 2.15. The summed E-state index contributed by atoms with van der Waals surface area (Å²) in [6.07, 6.45) is 3.06. The first-order valence-electron chi connectivity index (χ1n) is 5.84. The summed E-state index contributed by atoms with van der Waals surface area (Å²) in [5.74, 6) is -0.706. The second-order valence-corrected chi connectivity index (χ2v) is 3.94. The van der Waals surface area contributed by atoms with Gasteiger partial charge in [0.25, 0.3) is 5.91 Å². The number of carbonyl (C=O) groups is 1. The van der Waals surface area contributed by atoms with E-state index in [9.17, 15) is 9.18 Å². The van der Waals surface area contributed by atoms with Crippen molar-refractivity contribution in [3.8, 4) is 5.75 Å². The molecule has 2 rings (SSSR count). The second-order valence-electron chi connectivity index (χ2n) is 3.94. The maximum absolute atomic E-state index is 13.0. The first-order chi connectivity index (χ1) is 9.11. The smallest absolute Gasteiger partial charge is 0.269 e. The third-order valence-electron chi connectivity index (χ3n) is 2.60. The Morgan fingerprint density at radius 1 is 1.53 bits per heavy atom. The van der Waals surface area contributed by atoms with Gasteiger partial charge in [-0.3, -0.25) is 4.79 Å². The Bertz CT molecular complexity index is 595. The van der Waals surface area contributed by atoms with Gasteiger partial charge in [-0.2, -0.15) is 4.39 Å². The number of rotatable bonds is 5. The van der Waals surface area contributed by atoms with E-state index in [1.54, 1.807) is 22.9 Å². The fourth-order valence-corrected chi connectivity index (χ4v) is 1.86. The fraction of sp³-hybridized carbons (Fsp3) is 0.231. The molecule has 0 unspecified atom stereocenters. The minimum Gasteiger partial charge on any atom is -0.491 e. The van der Waals surface area contributed by atoms with Crippen molar-refractivity contribution in [3.63, 3.8) is 0 Å². The topological polar surface area (TPSA) is 70.1 Å². The number of hydrogen-bond donors (Lipinski definition) is 1. The van der Waals surface area contributed by atoms with Gasteiger partial charge in [0.05, 0.1) is 6.61 Å². The van der Waals surface area contributed by atoms with Crippen LogP contribution in [0.3, 0.4) is 0 Å². The molecule has 0 spiro atoms. The standard InChI is InChI=1S/C13H14FN3O2/c1-2-19-10-4-6-17(12(10)13(15)18)8-9-3-5-16-11(14)7-9/h3-7H,2,8H2,1H3,(H2,15,18). The molecule has 5 nitrogen and oxygen atoms in total. The molecular weight excluding hydrogens is 249 g/mol. The largest absolute Gasteiger partial charge is 0.491 e. The SMILES string of the molecule is CCOc1ccn(Cc2ccnc(F)c2)c1C(N)=O. The first kappa shape index (κ1) is 13.1. The van der Waals surface area contributed by atoms with Crippen molar-refractivity contribution in [1.29, 1.82) is 0 Å². The summed E-state index contributed by atoms with van der Waals surface area (Å²) < 4.78 is 20.0. The molecule has 2 aromatic heterocycles. The quantitative estimate of drug-likeness (QED) is 0.832. The van der Waals surface area contributed by atoms with Gasteiger partial charge in [0.1, 0.15) is 11.4 Å². The zero-order valence-corrected chi connectivity index (χ0v) is 10.5. The molecular formula is C13H14FN3O2. The zero-order valence-electron chi connectivity index (χ0n) is 10.5. The lowest BCUT2D eigenvalue weighted by atomic mass is 10.2. The molecule has 0 saturated heterocycles. The second kappa shape index (κ2) is 5.51. The minimum absolute atomic E-state index is 0.277. The summed E-state index contributed by atoms with van der Waals surface area (Å²) in [6, 6.07) is 4.65. The summed E-state index contributed by atoms with van der Waals surface area (Å²) in [4.78, 5) is 15.0. The maximum atomic E-state index is 13.0. The van der Waals surface area contributed by atoms with Crippen LogP contribution >= 0.6 is 0 Å². The van der Waals surface area contributed by atoms with E-state index in [-0.39, 0.29) is 5.69 Å². The third-order valence-corrected chi connectivity index (χ3v) is 2.60. The Morgan fingerprint density at radius 3 is 2.95 bits per heavy atom. The molecule has 0 radical (unpaired) electrons. The molecule has 2 N–H and O–H groups in total. The van der Waals surface area contributed by atoms with Gasteiger partial charge in [-0.05, 0) is 30.7 Å². The lowest BCUT2D eigenvalue weighted by molar-refractivity contribution is 0.0988. The summed E-state index contributed by atoms with van der Waals surface area (Å²) >= 11 is 0. The van der Waals surface area contributed by atoms with Crippen molar-refractivity contribution in [2.24, 2.45) is 5.73 Å². The number of aromatic nitrogens is 2. The van der Waals surface area contributed by atoms with Gasteiger partial charge in [-0.15, -0.1) is 0 Å². The van der Waals surface area contributed by atoms with Gasteiger partial charge in [-0.1, -0.05) is 0 Å². The van der Waals surface area contributed by atoms with E-state index in [4.69, 9.17) is 10.5 Å². The van der Waals surface area contributed by atoms with Crippen molar-refractivity contribution < 1.29 is 13.9 Å². The number of ether oxygens (including phenoxy) is 1. The first-order valence-corrected chi connectivity index (χ1v) is 5.84. The van der Waals surface area contributed by atoms with Crippen LogP contribution < -0.4 is 10.5 Å². The van der Waals surface area contributed by atoms with Crippen LogP contribution in [0.1, 0.15) is 23.0 Å². The number of halogens is 1. The van der Waals surface area contributed by atoms with Crippen LogP contribution in [0.15, 0.2) is 30.6 Å². The number of primary amides is 1. The average Bonchev–Trinajstić information content (AvgIpc) is 2.72. The van der Waals surface area contributed by atoms with Gasteiger partial charge < -0.3 is 15.0 Å². The number of amides is 1. The van der Waals surface area contributed by atoms with E-state index < -0.39 is 11.9 Å². The van der Waals surface area contributed by atoms with E-state index in [0.717, 1.165) is 0 Å².